The minimum Gasteiger partial charge on any atom is -0.258 e. The topological polar surface area (TPSA) is 77.3 Å². The molecule has 0 N–H and O–H groups in total. The standard InChI is InChI=1S/C7H6FNO4S/c1-14(12,13)5-2-3-7(9(10)11)6(8)4-5/h2-4H,1H3. The molecule has 14 heavy (non-hydrogen) atoms. The van der Waals surface area contributed by atoms with Crippen LogP contribution in [0.1, 0.15) is 0 Å². The first-order valence-electron chi connectivity index (χ1n) is 3.46. The first kappa shape index (κ1) is 10.6. The molecule has 76 valence electrons. The fraction of sp³-hybridized carbons (Fsp3) is 0.143. The van der Waals surface area contributed by atoms with Crippen LogP contribution in [0.3, 0.4) is 0 Å². The number of rotatable bonds is 2. The number of hydrogen-bond acceptors (Lipinski definition) is 4. The molecular formula is C7H6FNO4S. The molecule has 1 rings (SSSR count). The van der Waals surface area contributed by atoms with E-state index < -0.39 is 26.3 Å². The molecular weight excluding hydrogens is 213 g/mol. The van der Waals surface area contributed by atoms with Crippen LogP contribution in [0.4, 0.5) is 10.1 Å². The molecule has 0 saturated heterocycles. The Labute approximate surface area is 79.2 Å². The Bertz CT molecular complexity index is 482. The van der Waals surface area contributed by atoms with E-state index >= 15 is 0 Å². The molecule has 7 heteroatoms. The van der Waals surface area contributed by atoms with E-state index in [9.17, 15) is 22.9 Å². The largest absolute Gasteiger partial charge is 0.304 e. The summed E-state index contributed by atoms with van der Waals surface area (Å²) in [6, 6.07) is 2.45. The van der Waals surface area contributed by atoms with Gasteiger partial charge in [-0.25, -0.2) is 8.42 Å². The van der Waals surface area contributed by atoms with Gasteiger partial charge in [-0.05, 0) is 12.1 Å². The van der Waals surface area contributed by atoms with Crippen molar-refractivity contribution >= 4 is 15.5 Å². The highest BCUT2D eigenvalue weighted by Crippen LogP contribution is 2.20. The monoisotopic (exact) mass is 219 g/mol. The molecule has 0 aliphatic rings. The van der Waals surface area contributed by atoms with E-state index in [1.165, 1.54) is 0 Å². The summed E-state index contributed by atoms with van der Waals surface area (Å²) in [4.78, 5) is 9.01. The molecule has 0 aliphatic heterocycles. The van der Waals surface area contributed by atoms with Gasteiger partial charge in [0.05, 0.1) is 9.82 Å². The summed E-state index contributed by atoms with van der Waals surface area (Å²) in [7, 11) is -3.53. The highest BCUT2D eigenvalue weighted by atomic mass is 32.2. The zero-order chi connectivity index (χ0) is 10.9. The number of hydrogen-bond donors (Lipinski definition) is 0. The van der Waals surface area contributed by atoms with Crippen LogP contribution >= 0.6 is 0 Å². The van der Waals surface area contributed by atoms with Gasteiger partial charge < -0.3 is 0 Å². The maximum absolute atomic E-state index is 12.9. The summed E-state index contributed by atoms with van der Waals surface area (Å²) < 4.78 is 34.8. The lowest BCUT2D eigenvalue weighted by atomic mass is 10.3. The Morgan fingerprint density at radius 3 is 2.36 bits per heavy atom. The van der Waals surface area contributed by atoms with Crippen LogP contribution in [0.5, 0.6) is 0 Å². The predicted octanol–water partition coefficient (Wildman–Crippen LogP) is 1.14. The van der Waals surface area contributed by atoms with Crippen LogP contribution in [0.2, 0.25) is 0 Å². The van der Waals surface area contributed by atoms with E-state index in [4.69, 9.17) is 0 Å². The Balaban J connectivity index is 3.34. The van der Waals surface area contributed by atoms with Gasteiger partial charge in [0.2, 0.25) is 5.82 Å². The van der Waals surface area contributed by atoms with Crippen molar-refractivity contribution in [3.8, 4) is 0 Å². The minimum absolute atomic E-state index is 0.277. The predicted molar refractivity (Wildman–Crippen MR) is 46.2 cm³/mol. The van der Waals surface area contributed by atoms with Crippen molar-refractivity contribution in [1.29, 1.82) is 0 Å². The molecule has 0 bridgehead atoms. The zero-order valence-electron chi connectivity index (χ0n) is 7.10. The zero-order valence-corrected chi connectivity index (χ0v) is 7.91. The van der Waals surface area contributed by atoms with Gasteiger partial charge in [-0.3, -0.25) is 10.1 Å². The molecule has 0 atom stereocenters. The molecule has 0 saturated carbocycles. The Kier molecular flexibility index (Phi) is 2.52. The maximum Gasteiger partial charge on any atom is 0.304 e. The van der Waals surface area contributed by atoms with Crippen LogP contribution in [0, 0.1) is 15.9 Å². The normalized spacial score (nSPS) is 11.3. The maximum atomic E-state index is 12.9. The highest BCUT2D eigenvalue weighted by molar-refractivity contribution is 7.90. The van der Waals surface area contributed by atoms with Crippen LogP contribution in [-0.2, 0) is 9.84 Å². The third-order valence-corrected chi connectivity index (χ3v) is 2.65. The van der Waals surface area contributed by atoms with Gasteiger partial charge in [0, 0.05) is 12.3 Å². The van der Waals surface area contributed by atoms with Crippen LogP contribution < -0.4 is 0 Å². The number of nitro benzene ring substituents is 1. The summed E-state index contributed by atoms with van der Waals surface area (Å²) in [5, 5.41) is 10.2. The average Bonchev–Trinajstić information content (AvgIpc) is 2.01. The first-order chi connectivity index (χ1) is 6.32. The van der Waals surface area contributed by atoms with Crippen LogP contribution in [0.15, 0.2) is 23.1 Å². The van der Waals surface area contributed by atoms with Gasteiger partial charge in [-0.2, -0.15) is 4.39 Å². The molecule has 0 heterocycles. The third kappa shape index (κ3) is 2.05. The molecule has 0 radical (unpaired) electrons. The van der Waals surface area contributed by atoms with E-state index in [1.807, 2.05) is 0 Å². The number of nitrogens with zero attached hydrogens (tertiary/aromatic N) is 1. The van der Waals surface area contributed by atoms with Crippen LogP contribution in [0.25, 0.3) is 0 Å². The van der Waals surface area contributed by atoms with E-state index in [0.29, 0.717) is 6.07 Å². The van der Waals surface area contributed by atoms with Gasteiger partial charge >= 0.3 is 5.69 Å². The van der Waals surface area contributed by atoms with Crippen LogP contribution in [-0.4, -0.2) is 19.6 Å². The van der Waals surface area contributed by atoms with Gasteiger partial charge in [0.25, 0.3) is 0 Å². The van der Waals surface area contributed by atoms with Gasteiger partial charge in [-0.1, -0.05) is 0 Å². The number of benzene rings is 1. The molecule has 1 aromatic carbocycles. The van der Waals surface area contributed by atoms with Gasteiger partial charge in [-0.15, -0.1) is 0 Å². The molecule has 0 unspecified atom stereocenters. The van der Waals surface area contributed by atoms with E-state index in [-0.39, 0.29) is 4.90 Å². The lowest BCUT2D eigenvalue weighted by Gasteiger charge is -1.98. The second kappa shape index (κ2) is 3.33. The van der Waals surface area contributed by atoms with Crippen molar-refractivity contribution in [2.45, 2.75) is 4.90 Å². The van der Waals surface area contributed by atoms with Crippen molar-refractivity contribution in [1.82, 2.24) is 0 Å². The lowest BCUT2D eigenvalue weighted by molar-refractivity contribution is -0.387. The molecule has 0 amide bonds. The Morgan fingerprint density at radius 1 is 1.43 bits per heavy atom. The molecule has 1 aromatic rings. The first-order valence-corrected chi connectivity index (χ1v) is 5.35. The minimum atomic E-state index is -3.53. The summed E-state index contributed by atoms with van der Waals surface area (Å²) in [5.41, 5.74) is -0.739. The molecule has 0 spiro atoms. The fourth-order valence-corrected chi connectivity index (χ4v) is 1.50. The lowest BCUT2D eigenvalue weighted by Crippen LogP contribution is -1.99. The number of halogens is 1. The Hall–Kier alpha value is -1.50. The fourth-order valence-electron chi connectivity index (χ4n) is 0.866. The third-order valence-electron chi connectivity index (χ3n) is 1.54. The summed E-state index contributed by atoms with van der Waals surface area (Å²) in [6.45, 7) is 0. The Morgan fingerprint density at radius 2 is 2.00 bits per heavy atom. The molecule has 0 fully saturated rings. The highest BCUT2D eigenvalue weighted by Gasteiger charge is 2.17. The van der Waals surface area contributed by atoms with Crippen molar-refractivity contribution in [2.24, 2.45) is 0 Å². The average molecular weight is 219 g/mol. The van der Waals surface area contributed by atoms with Crippen molar-refractivity contribution in [3.63, 3.8) is 0 Å². The van der Waals surface area contributed by atoms with Crippen molar-refractivity contribution < 1.29 is 17.7 Å². The number of sulfone groups is 1. The summed E-state index contributed by atoms with van der Waals surface area (Å²) in [5.74, 6) is -1.15. The van der Waals surface area contributed by atoms with E-state index in [0.717, 1.165) is 18.4 Å². The molecule has 5 nitrogen and oxygen atoms in total. The summed E-state index contributed by atoms with van der Waals surface area (Å²) >= 11 is 0. The molecule has 0 aromatic heterocycles. The number of nitro groups is 1. The van der Waals surface area contributed by atoms with Gasteiger partial charge in [0.15, 0.2) is 9.84 Å². The summed E-state index contributed by atoms with van der Waals surface area (Å²) in [6.07, 6.45) is 0.896. The van der Waals surface area contributed by atoms with Crippen molar-refractivity contribution in [2.75, 3.05) is 6.26 Å². The van der Waals surface area contributed by atoms with Crippen molar-refractivity contribution in [3.05, 3.63) is 34.1 Å². The second-order valence-corrected chi connectivity index (χ2v) is 4.66. The molecule has 0 aliphatic carbocycles. The quantitative estimate of drug-likeness (QED) is 0.552. The van der Waals surface area contributed by atoms with E-state index in [1.54, 1.807) is 0 Å². The van der Waals surface area contributed by atoms with E-state index in [2.05, 4.69) is 0 Å². The second-order valence-electron chi connectivity index (χ2n) is 2.64. The smallest absolute Gasteiger partial charge is 0.258 e. The SMILES string of the molecule is CS(=O)(=O)c1ccc([N+](=O)[O-])c(F)c1. The van der Waals surface area contributed by atoms with Gasteiger partial charge in [0.1, 0.15) is 0 Å².